The fourth-order valence-electron chi connectivity index (χ4n) is 2.52. The number of amides is 1. The van der Waals surface area contributed by atoms with E-state index in [-0.39, 0.29) is 11.5 Å². The van der Waals surface area contributed by atoms with Gasteiger partial charge < -0.3 is 10.1 Å². The summed E-state index contributed by atoms with van der Waals surface area (Å²) in [5, 5.41) is 5.21. The lowest BCUT2D eigenvalue weighted by Gasteiger charge is -2.16. The number of halogens is 1. The van der Waals surface area contributed by atoms with Crippen LogP contribution in [0.3, 0.4) is 0 Å². The van der Waals surface area contributed by atoms with Crippen LogP contribution in [0.2, 0.25) is 5.02 Å². The summed E-state index contributed by atoms with van der Waals surface area (Å²) < 4.78 is 7.47. The summed E-state index contributed by atoms with van der Waals surface area (Å²) in [6.07, 6.45) is 0. The molecule has 1 N–H and O–H groups in total. The van der Waals surface area contributed by atoms with E-state index in [0.717, 1.165) is 0 Å². The van der Waals surface area contributed by atoms with Gasteiger partial charge in [-0.3, -0.25) is 14.2 Å². The van der Waals surface area contributed by atoms with Gasteiger partial charge in [-0.25, -0.2) is 4.98 Å². The molecule has 0 fully saturated rings. The van der Waals surface area contributed by atoms with Crippen LogP contribution >= 0.6 is 34.7 Å². The van der Waals surface area contributed by atoms with Gasteiger partial charge in [0.25, 0.3) is 5.56 Å². The van der Waals surface area contributed by atoms with E-state index in [9.17, 15) is 9.59 Å². The normalized spacial score (nSPS) is 12.1. The van der Waals surface area contributed by atoms with Crippen molar-refractivity contribution in [3.05, 3.63) is 45.0 Å². The minimum Gasteiger partial charge on any atom is -0.495 e. The lowest BCUT2D eigenvalue weighted by Crippen LogP contribution is -2.26. The van der Waals surface area contributed by atoms with E-state index >= 15 is 0 Å². The van der Waals surface area contributed by atoms with Crippen molar-refractivity contribution >= 4 is 56.5 Å². The van der Waals surface area contributed by atoms with Gasteiger partial charge in [0.15, 0.2) is 5.16 Å². The minimum absolute atomic E-state index is 0.0795. The van der Waals surface area contributed by atoms with E-state index in [1.165, 1.54) is 30.2 Å². The van der Waals surface area contributed by atoms with E-state index < -0.39 is 5.25 Å². The Morgan fingerprint density at radius 2 is 2.22 bits per heavy atom. The second-order valence-electron chi connectivity index (χ2n) is 5.67. The lowest BCUT2D eigenvalue weighted by molar-refractivity contribution is -0.115. The number of benzene rings is 1. The Hall–Kier alpha value is -2.03. The second kappa shape index (κ2) is 8.33. The molecule has 27 heavy (non-hydrogen) atoms. The van der Waals surface area contributed by atoms with Crippen molar-refractivity contribution in [1.82, 2.24) is 9.55 Å². The highest BCUT2D eigenvalue weighted by atomic mass is 35.5. The van der Waals surface area contributed by atoms with Crippen LogP contribution in [0, 0.1) is 0 Å². The van der Waals surface area contributed by atoms with Crippen LogP contribution in [0.15, 0.2) is 39.6 Å². The number of anilines is 1. The molecule has 1 unspecified atom stereocenters. The quantitative estimate of drug-likeness (QED) is 0.473. The van der Waals surface area contributed by atoms with E-state index in [2.05, 4.69) is 10.3 Å². The van der Waals surface area contributed by atoms with Crippen molar-refractivity contribution < 1.29 is 9.53 Å². The number of hydrogen-bond donors (Lipinski definition) is 1. The third kappa shape index (κ3) is 4.12. The zero-order valence-corrected chi connectivity index (χ0v) is 17.4. The van der Waals surface area contributed by atoms with Gasteiger partial charge in [-0.2, -0.15) is 0 Å². The zero-order chi connectivity index (χ0) is 19.6. The molecule has 0 aliphatic heterocycles. The molecule has 1 atom stereocenters. The maximum atomic E-state index is 12.7. The van der Waals surface area contributed by atoms with Gasteiger partial charge >= 0.3 is 0 Å². The smallest absolute Gasteiger partial charge is 0.272 e. The molecular formula is C18H18ClN3O3S2. The fraction of sp³-hybridized carbons (Fsp3) is 0.278. The van der Waals surface area contributed by atoms with Crippen molar-refractivity contribution in [3.8, 4) is 5.75 Å². The molecule has 0 saturated heterocycles. The summed E-state index contributed by atoms with van der Waals surface area (Å²) in [6, 6.07) is 6.82. The van der Waals surface area contributed by atoms with E-state index in [1.807, 2.05) is 18.4 Å². The van der Waals surface area contributed by atoms with Crippen LogP contribution in [0.1, 0.15) is 13.8 Å². The number of hydrogen-bond acceptors (Lipinski definition) is 6. The highest BCUT2D eigenvalue weighted by Crippen LogP contribution is 2.30. The van der Waals surface area contributed by atoms with Crippen LogP contribution < -0.4 is 15.6 Å². The van der Waals surface area contributed by atoms with Crippen molar-refractivity contribution in [2.75, 3.05) is 12.4 Å². The maximum Gasteiger partial charge on any atom is 0.272 e. The van der Waals surface area contributed by atoms with Gasteiger partial charge in [-0.15, -0.1) is 11.3 Å². The number of aromatic nitrogens is 2. The van der Waals surface area contributed by atoms with Gasteiger partial charge in [-0.1, -0.05) is 23.4 Å². The molecule has 1 amide bonds. The van der Waals surface area contributed by atoms with Crippen LogP contribution in [0.4, 0.5) is 5.69 Å². The van der Waals surface area contributed by atoms with Crippen LogP contribution in [0.25, 0.3) is 10.2 Å². The summed E-state index contributed by atoms with van der Waals surface area (Å²) in [7, 11) is 1.52. The summed E-state index contributed by atoms with van der Waals surface area (Å²) in [5.41, 5.74) is 1.07. The molecule has 9 heteroatoms. The van der Waals surface area contributed by atoms with Crippen molar-refractivity contribution in [3.63, 3.8) is 0 Å². The summed E-state index contributed by atoms with van der Waals surface area (Å²) in [4.78, 5) is 29.8. The zero-order valence-electron chi connectivity index (χ0n) is 15.0. The van der Waals surface area contributed by atoms with Gasteiger partial charge in [0.2, 0.25) is 5.91 Å². The minimum atomic E-state index is -0.477. The predicted molar refractivity (Wildman–Crippen MR) is 112 cm³/mol. The first kappa shape index (κ1) is 19.7. The maximum absolute atomic E-state index is 12.7. The number of methoxy groups -OCH3 is 1. The molecule has 3 aromatic rings. The van der Waals surface area contributed by atoms with Gasteiger partial charge in [0, 0.05) is 11.6 Å². The van der Waals surface area contributed by atoms with Gasteiger partial charge in [-0.05, 0) is 43.5 Å². The standard InChI is InChI=1S/C18H18ClN3O3S2/c1-4-22-17(24)15-12(7-8-26-15)21-18(22)27-10(2)16(23)20-13-9-11(19)5-6-14(13)25-3/h5-10H,4H2,1-3H3,(H,20,23). The highest BCUT2D eigenvalue weighted by molar-refractivity contribution is 8.00. The Balaban J connectivity index is 1.84. The molecular weight excluding hydrogens is 406 g/mol. The number of carbonyl (C=O) groups excluding carboxylic acids is 1. The average Bonchev–Trinajstić information content (AvgIpc) is 3.11. The first-order chi connectivity index (χ1) is 12.9. The first-order valence-corrected chi connectivity index (χ1v) is 10.4. The number of nitrogens with zero attached hydrogens (tertiary/aromatic N) is 2. The Morgan fingerprint density at radius 1 is 1.44 bits per heavy atom. The Morgan fingerprint density at radius 3 is 2.93 bits per heavy atom. The predicted octanol–water partition coefficient (Wildman–Crippen LogP) is 4.26. The van der Waals surface area contributed by atoms with E-state index in [0.29, 0.717) is 38.4 Å². The topological polar surface area (TPSA) is 73.2 Å². The molecule has 3 rings (SSSR count). The van der Waals surface area contributed by atoms with Crippen LogP contribution in [0.5, 0.6) is 5.75 Å². The number of fused-ring (bicyclic) bond motifs is 1. The molecule has 0 saturated carbocycles. The molecule has 142 valence electrons. The SMILES string of the molecule is CCn1c(SC(C)C(=O)Nc2cc(Cl)ccc2OC)nc2ccsc2c1=O. The average molecular weight is 424 g/mol. The molecule has 2 aromatic heterocycles. The van der Waals surface area contributed by atoms with Gasteiger partial charge in [0.05, 0.1) is 23.6 Å². The van der Waals surface area contributed by atoms with Crippen molar-refractivity contribution in [2.45, 2.75) is 30.8 Å². The summed E-state index contributed by atoms with van der Waals surface area (Å²) in [6.45, 7) is 4.13. The van der Waals surface area contributed by atoms with E-state index in [4.69, 9.17) is 16.3 Å². The number of ether oxygens (including phenoxy) is 1. The highest BCUT2D eigenvalue weighted by Gasteiger charge is 2.20. The van der Waals surface area contributed by atoms with Crippen LogP contribution in [-0.4, -0.2) is 27.8 Å². The number of thiophene rings is 1. The van der Waals surface area contributed by atoms with E-state index in [1.54, 1.807) is 29.7 Å². The monoisotopic (exact) mass is 423 g/mol. The van der Waals surface area contributed by atoms with Gasteiger partial charge in [0.1, 0.15) is 10.4 Å². The third-order valence-corrected chi connectivity index (χ3v) is 6.13. The molecule has 0 spiro atoms. The number of carbonyl (C=O) groups is 1. The third-order valence-electron chi connectivity index (χ3n) is 3.92. The molecule has 1 aromatic carbocycles. The molecule has 0 radical (unpaired) electrons. The number of thioether (sulfide) groups is 1. The van der Waals surface area contributed by atoms with Crippen molar-refractivity contribution in [2.24, 2.45) is 0 Å². The summed E-state index contributed by atoms with van der Waals surface area (Å²) in [5.74, 6) is 0.288. The Bertz CT molecular complexity index is 1050. The van der Waals surface area contributed by atoms with Crippen LogP contribution in [-0.2, 0) is 11.3 Å². The molecule has 0 aliphatic carbocycles. The summed E-state index contributed by atoms with van der Waals surface area (Å²) >= 11 is 8.63. The molecule has 6 nitrogen and oxygen atoms in total. The molecule has 0 aliphatic rings. The number of rotatable bonds is 6. The molecule has 2 heterocycles. The Labute approximate surface area is 169 Å². The van der Waals surface area contributed by atoms with Crippen molar-refractivity contribution in [1.29, 1.82) is 0 Å². The number of nitrogens with one attached hydrogen (secondary N) is 1. The second-order valence-corrected chi connectivity index (χ2v) is 8.33. The first-order valence-electron chi connectivity index (χ1n) is 8.23. The largest absolute Gasteiger partial charge is 0.495 e. The fourth-order valence-corrected chi connectivity index (χ4v) is 4.44. The molecule has 0 bridgehead atoms. The Kier molecular flexibility index (Phi) is 6.08. The lowest BCUT2D eigenvalue weighted by atomic mass is 10.3.